The van der Waals surface area contributed by atoms with Gasteiger partial charge in [-0.15, -0.1) is 0 Å². The first kappa shape index (κ1) is 8.81. The Morgan fingerprint density at radius 2 is 2.08 bits per heavy atom. The van der Waals surface area contributed by atoms with Gasteiger partial charge in [-0.25, -0.2) is 0 Å². The first-order valence-electron chi connectivity index (χ1n) is 3.99. The number of benzene rings is 1. The molecule has 0 amide bonds. The largest absolute Gasteiger partial charge is 0.400 e. The third kappa shape index (κ3) is 1.66. The highest BCUT2D eigenvalue weighted by atomic mass is 14.7. The first-order valence-corrected chi connectivity index (χ1v) is 3.99. The molecule has 0 heterocycles. The summed E-state index contributed by atoms with van der Waals surface area (Å²) >= 11 is 0. The maximum atomic E-state index is 5.74. The summed E-state index contributed by atoms with van der Waals surface area (Å²) in [7, 11) is 0. The summed E-state index contributed by atoms with van der Waals surface area (Å²) in [6.45, 7) is 2.40. The lowest BCUT2D eigenvalue weighted by Gasteiger charge is -1.96. The molecule has 1 rings (SSSR count). The molecule has 0 aliphatic rings. The van der Waals surface area contributed by atoms with Crippen LogP contribution in [-0.2, 0) is 0 Å². The Morgan fingerprint density at radius 3 is 2.67 bits per heavy atom. The molecule has 0 bridgehead atoms. The van der Waals surface area contributed by atoms with Crippen molar-refractivity contribution in [1.82, 2.24) is 0 Å². The van der Waals surface area contributed by atoms with E-state index in [2.05, 4.69) is 0 Å². The minimum Gasteiger partial charge on any atom is -0.400 e. The van der Waals surface area contributed by atoms with E-state index in [1.165, 1.54) is 0 Å². The van der Waals surface area contributed by atoms with E-state index in [0.29, 0.717) is 6.54 Å². The molecule has 0 fully saturated rings. The maximum Gasteiger partial charge on any atom is 0.0333 e. The van der Waals surface area contributed by atoms with Crippen LogP contribution in [0.1, 0.15) is 6.92 Å². The van der Waals surface area contributed by atoms with Gasteiger partial charge in [0.25, 0.3) is 0 Å². The normalized spacial score (nSPS) is 14.7. The lowest BCUT2D eigenvalue weighted by Crippen LogP contribution is -2.31. The predicted octanol–water partition coefficient (Wildman–Crippen LogP) is -0.487. The predicted molar refractivity (Wildman–Crippen MR) is 52.5 cm³/mol. The molecule has 64 valence electrons. The Morgan fingerprint density at radius 1 is 1.42 bits per heavy atom. The molecule has 1 aromatic rings. The van der Waals surface area contributed by atoms with Gasteiger partial charge in [0.1, 0.15) is 0 Å². The standard InChI is InChI=1S/C10H14N2/c1-2-8-5-3-4-6-9(8)10(12)7-11/h2-6H,7,11-12H2,1H3/b8-2-,10-9+. The summed E-state index contributed by atoms with van der Waals surface area (Å²) in [5, 5.41) is 2.18. The fourth-order valence-corrected chi connectivity index (χ4v) is 1.15. The van der Waals surface area contributed by atoms with Gasteiger partial charge in [-0.3, -0.25) is 0 Å². The fourth-order valence-electron chi connectivity index (χ4n) is 1.15. The topological polar surface area (TPSA) is 52.0 Å². The van der Waals surface area contributed by atoms with Crippen LogP contribution in [0.5, 0.6) is 0 Å². The molecular formula is C10H14N2. The van der Waals surface area contributed by atoms with Gasteiger partial charge < -0.3 is 11.5 Å². The van der Waals surface area contributed by atoms with E-state index in [-0.39, 0.29) is 0 Å². The number of hydrogen-bond donors (Lipinski definition) is 2. The Kier molecular flexibility index (Phi) is 2.88. The molecule has 2 heteroatoms. The van der Waals surface area contributed by atoms with E-state index in [4.69, 9.17) is 11.5 Å². The third-order valence-electron chi connectivity index (χ3n) is 1.84. The van der Waals surface area contributed by atoms with Crippen molar-refractivity contribution in [3.63, 3.8) is 0 Å². The highest BCUT2D eigenvalue weighted by Gasteiger charge is 1.88. The van der Waals surface area contributed by atoms with E-state index in [1.807, 2.05) is 37.3 Å². The van der Waals surface area contributed by atoms with Crippen molar-refractivity contribution in [3.8, 4) is 0 Å². The van der Waals surface area contributed by atoms with Crippen LogP contribution in [-0.4, -0.2) is 6.54 Å². The molecule has 0 aliphatic heterocycles. The molecule has 0 atom stereocenters. The number of rotatable bonds is 1. The summed E-state index contributed by atoms with van der Waals surface area (Å²) in [5.74, 6) is 0. The van der Waals surface area contributed by atoms with E-state index in [0.717, 1.165) is 16.1 Å². The van der Waals surface area contributed by atoms with Crippen molar-refractivity contribution in [3.05, 3.63) is 34.7 Å². The van der Waals surface area contributed by atoms with Crippen LogP contribution in [0.15, 0.2) is 24.3 Å². The van der Waals surface area contributed by atoms with Gasteiger partial charge in [-0.05, 0) is 12.1 Å². The van der Waals surface area contributed by atoms with E-state index in [9.17, 15) is 0 Å². The van der Waals surface area contributed by atoms with Crippen LogP contribution in [0, 0.1) is 0 Å². The first-order chi connectivity index (χ1) is 5.79. The Hall–Kier alpha value is -1.28. The second-order valence-corrected chi connectivity index (χ2v) is 2.61. The SMILES string of the molecule is C/C=c1/cccc/c1=C(\N)CN. The molecule has 0 aliphatic carbocycles. The Labute approximate surface area is 72.2 Å². The minimum atomic E-state index is 0.408. The summed E-state index contributed by atoms with van der Waals surface area (Å²) in [5.41, 5.74) is 11.9. The molecule has 0 radical (unpaired) electrons. The van der Waals surface area contributed by atoms with E-state index < -0.39 is 0 Å². The van der Waals surface area contributed by atoms with Gasteiger partial charge >= 0.3 is 0 Å². The lowest BCUT2D eigenvalue weighted by molar-refractivity contribution is 1.21. The molecule has 1 aromatic carbocycles. The van der Waals surface area contributed by atoms with E-state index >= 15 is 0 Å². The van der Waals surface area contributed by atoms with Crippen LogP contribution < -0.4 is 21.9 Å². The quantitative estimate of drug-likeness (QED) is 0.585. The molecule has 0 aromatic heterocycles. The monoisotopic (exact) mass is 162 g/mol. The van der Waals surface area contributed by atoms with Crippen molar-refractivity contribution < 1.29 is 0 Å². The van der Waals surface area contributed by atoms with Gasteiger partial charge in [0, 0.05) is 17.5 Å². The zero-order chi connectivity index (χ0) is 8.97. The van der Waals surface area contributed by atoms with Crippen molar-refractivity contribution in [2.75, 3.05) is 6.54 Å². The van der Waals surface area contributed by atoms with Crippen molar-refractivity contribution in [2.24, 2.45) is 11.5 Å². The third-order valence-corrected chi connectivity index (χ3v) is 1.84. The highest BCUT2D eigenvalue weighted by molar-refractivity contribution is 5.43. The molecule has 0 saturated heterocycles. The van der Waals surface area contributed by atoms with Gasteiger partial charge in [0.2, 0.25) is 0 Å². The Balaban J connectivity index is 3.54. The van der Waals surface area contributed by atoms with Gasteiger partial charge in [-0.1, -0.05) is 30.3 Å². The average molecular weight is 162 g/mol. The zero-order valence-corrected chi connectivity index (χ0v) is 7.25. The van der Waals surface area contributed by atoms with Gasteiger partial charge in [0.15, 0.2) is 0 Å². The van der Waals surface area contributed by atoms with Crippen LogP contribution >= 0.6 is 0 Å². The van der Waals surface area contributed by atoms with Crippen molar-refractivity contribution >= 4 is 11.8 Å². The number of hydrogen-bond acceptors (Lipinski definition) is 2. The molecule has 2 nitrogen and oxygen atoms in total. The average Bonchev–Trinajstić information content (AvgIpc) is 2.16. The van der Waals surface area contributed by atoms with Crippen molar-refractivity contribution in [1.29, 1.82) is 0 Å². The van der Waals surface area contributed by atoms with Crippen LogP contribution in [0.3, 0.4) is 0 Å². The molecular weight excluding hydrogens is 148 g/mol. The second-order valence-electron chi connectivity index (χ2n) is 2.61. The number of nitrogens with two attached hydrogens (primary N) is 2. The molecule has 4 N–H and O–H groups in total. The smallest absolute Gasteiger partial charge is 0.0333 e. The summed E-state index contributed by atoms with van der Waals surface area (Å²) in [6.07, 6.45) is 2.03. The van der Waals surface area contributed by atoms with Crippen LogP contribution in [0.4, 0.5) is 0 Å². The van der Waals surface area contributed by atoms with E-state index in [1.54, 1.807) is 0 Å². The minimum absolute atomic E-state index is 0.408. The molecule has 0 unspecified atom stereocenters. The van der Waals surface area contributed by atoms with Crippen molar-refractivity contribution in [2.45, 2.75) is 6.92 Å². The summed E-state index contributed by atoms with van der Waals surface area (Å²) < 4.78 is 0. The van der Waals surface area contributed by atoms with Gasteiger partial charge in [0.05, 0.1) is 0 Å². The van der Waals surface area contributed by atoms with Crippen LogP contribution in [0.25, 0.3) is 11.8 Å². The van der Waals surface area contributed by atoms with Gasteiger partial charge in [-0.2, -0.15) is 0 Å². The molecule has 12 heavy (non-hydrogen) atoms. The second kappa shape index (κ2) is 3.93. The fraction of sp³-hybridized carbons (Fsp3) is 0.200. The lowest BCUT2D eigenvalue weighted by atomic mass is 10.2. The Bertz CT molecular complexity index is 366. The summed E-state index contributed by atoms with van der Waals surface area (Å²) in [6, 6.07) is 7.96. The van der Waals surface area contributed by atoms with Crippen LogP contribution in [0.2, 0.25) is 0 Å². The molecule has 0 saturated carbocycles. The highest BCUT2D eigenvalue weighted by Crippen LogP contribution is 1.75. The zero-order valence-electron chi connectivity index (χ0n) is 7.25. The summed E-state index contributed by atoms with van der Waals surface area (Å²) in [4.78, 5) is 0. The molecule has 0 spiro atoms. The maximum absolute atomic E-state index is 5.74.